The number of piperidine rings is 2. The van der Waals surface area contributed by atoms with Gasteiger partial charge in [0.1, 0.15) is 0 Å². The molecule has 0 spiro atoms. The molecule has 0 saturated carbocycles. The Morgan fingerprint density at radius 3 is 2.39 bits per heavy atom. The predicted molar refractivity (Wildman–Crippen MR) is 112 cm³/mol. The first-order valence-corrected chi connectivity index (χ1v) is 11.8. The van der Waals surface area contributed by atoms with Crippen LogP contribution >= 0.6 is 0 Å². The van der Waals surface area contributed by atoms with Crippen molar-refractivity contribution in [1.82, 2.24) is 9.21 Å². The monoisotopic (exact) mass is 407 g/mol. The Labute approximate surface area is 169 Å². The normalized spacial score (nSPS) is 24.8. The molecule has 0 radical (unpaired) electrons. The molecule has 6 nitrogen and oxygen atoms in total. The average Bonchev–Trinajstić information content (AvgIpc) is 2.63. The summed E-state index contributed by atoms with van der Waals surface area (Å²) < 4.78 is 27.7. The van der Waals surface area contributed by atoms with E-state index in [-0.39, 0.29) is 5.91 Å². The molecule has 0 unspecified atom stereocenters. The Morgan fingerprint density at radius 2 is 1.75 bits per heavy atom. The summed E-state index contributed by atoms with van der Waals surface area (Å²) in [6.07, 6.45) is 4.09. The molecule has 7 heteroatoms. The molecule has 28 heavy (non-hydrogen) atoms. The summed E-state index contributed by atoms with van der Waals surface area (Å²) in [5, 5.41) is 2.90. The third-order valence-corrected chi connectivity index (χ3v) is 7.76. The summed E-state index contributed by atoms with van der Waals surface area (Å²) in [4.78, 5) is 15.0. The molecular weight excluding hydrogens is 374 g/mol. The van der Waals surface area contributed by atoms with Gasteiger partial charge >= 0.3 is 0 Å². The Bertz CT molecular complexity index is 793. The first-order valence-electron chi connectivity index (χ1n) is 10.4. The van der Waals surface area contributed by atoms with Gasteiger partial charge in [0.2, 0.25) is 15.9 Å². The molecule has 1 aromatic carbocycles. The smallest absolute Gasteiger partial charge is 0.243 e. The second kappa shape index (κ2) is 8.93. The fourth-order valence-corrected chi connectivity index (χ4v) is 6.29. The van der Waals surface area contributed by atoms with Gasteiger partial charge in [-0.25, -0.2) is 8.42 Å². The summed E-state index contributed by atoms with van der Waals surface area (Å²) in [7, 11) is -3.52. The lowest BCUT2D eigenvalue weighted by molar-refractivity contribution is -0.117. The topological polar surface area (TPSA) is 69.7 Å². The molecule has 1 aromatic rings. The number of carbonyl (C=O) groups is 1. The van der Waals surface area contributed by atoms with Crippen LogP contribution in [0, 0.1) is 18.8 Å². The van der Waals surface area contributed by atoms with Crippen molar-refractivity contribution in [3.8, 4) is 0 Å². The molecule has 0 aliphatic carbocycles. The van der Waals surface area contributed by atoms with Gasteiger partial charge in [-0.3, -0.25) is 9.69 Å². The molecule has 1 amide bonds. The highest BCUT2D eigenvalue weighted by molar-refractivity contribution is 7.89. The van der Waals surface area contributed by atoms with Crippen LogP contribution in [0.3, 0.4) is 0 Å². The van der Waals surface area contributed by atoms with Gasteiger partial charge in [-0.2, -0.15) is 4.31 Å². The van der Waals surface area contributed by atoms with Crippen molar-refractivity contribution in [3.63, 3.8) is 0 Å². The van der Waals surface area contributed by atoms with Gasteiger partial charge in [0.25, 0.3) is 0 Å². The number of rotatable bonds is 5. The lowest BCUT2D eigenvalue weighted by atomic mass is 9.92. The SMILES string of the molecule is Cc1ccc(NC(=O)CN2C[C@H](C)C[C@H](C)C2)cc1S(=O)(=O)N1CCCCC1. The van der Waals surface area contributed by atoms with Crippen molar-refractivity contribution in [2.45, 2.75) is 51.3 Å². The van der Waals surface area contributed by atoms with Crippen LogP contribution in [0.5, 0.6) is 0 Å². The maximum Gasteiger partial charge on any atom is 0.243 e. The zero-order chi connectivity index (χ0) is 20.3. The lowest BCUT2D eigenvalue weighted by Gasteiger charge is -2.34. The highest BCUT2D eigenvalue weighted by Gasteiger charge is 2.28. The minimum absolute atomic E-state index is 0.0912. The van der Waals surface area contributed by atoms with E-state index in [1.807, 2.05) is 0 Å². The Balaban J connectivity index is 1.69. The highest BCUT2D eigenvalue weighted by Crippen LogP contribution is 2.26. The van der Waals surface area contributed by atoms with Crippen LogP contribution in [0.2, 0.25) is 0 Å². The van der Waals surface area contributed by atoms with Crippen LogP contribution in [0.4, 0.5) is 5.69 Å². The summed E-state index contributed by atoms with van der Waals surface area (Å²) in [6, 6.07) is 5.17. The number of benzene rings is 1. The van der Waals surface area contributed by atoms with Gasteiger partial charge in [-0.05, 0) is 55.7 Å². The largest absolute Gasteiger partial charge is 0.325 e. The molecule has 2 fully saturated rings. The van der Waals surface area contributed by atoms with E-state index < -0.39 is 10.0 Å². The quantitative estimate of drug-likeness (QED) is 0.814. The number of anilines is 1. The second-order valence-electron chi connectivity index (χ2n) is 8.63. The van der Waals surface area contributed by atoms with Gasteiger partial charge < -0.3 is 5.32 Å². The van der Waals surface area contributed by atoms with Crippen molar-refractivity contribution in [2.75, 3.05) is 38.0 Å². The maximum atomic E-state index is 13.0. The molecule has 156 valence electrons. The molecule has 2 aliphatic heterocycles. The molecule has 0 bridgehead atoms. The van der Waals surface area contributed by atoms with E-state index in [0.29, 0.717) is 47.6 Å². The highest BCUT2D eigenvalue weighted by atomic mass is 32.2. The van der Waals surface area contributed by atoms with Gasteiger partial charge in [0, 0.05) is 31.9 Å². The van der Waals surface area contributed by atoms with Gasteiger partial charge in [0.05, 0.1) is 11.4 Å². The van der Waals surface area contributed by atoms with Crippen molar-refractivity contribution in [1.29, 1.82) is 0 Å². The predicted octanol–water partition coefficient (Wildman–Crippen LogP) is 3.09. The third kappa shape index (κ3) is 5.13. The maximum absolute atomic E-state index is 13.0. The van der Waals surface area contributed by atoms with Crippen LogP contribution < -0.4 is 5.32 Å². The molecule has 0 aromatic heterocycles. The van der Waals surface area contributed by atoms with Crippen molar-refractivity contribution < 1.29 is 13.2 Å². The van der Waals surface area contributed by atoms with Crippen molar-refractivity contribution in [3.05, 3.63) is 23.8 Å². The molecule has 2 heterocycles. The standard InChI is InChI=1S/C21H33N3O3S/c1-16-11-17(2)14-23(13-16)15-21(25)22-19-8-7-18(3)20(12-19)28(26,27)24-9-5-4-6-10-24/h7-8,12,16-17H,4-6,9-11,13-15H2,1-3H3,(H,22,25)/t16-,17+. The number of likely N-dealkylation sites (tertiary alicyclic amines) is 1. The Kier molecular flexibility index (Phi) is 6.78. The van der Waals surface area contributed by atoms with E-state index >= 15 is 0 Å². The summed E-state index contributed by atoms with van der Waals surface area (Å²) >= 11 is 0. The fourth-order valence-electron chi connectivity index (χ4n) is 4.52. The fraction of sp³-hybridized carbons (Fsp3) is 0.667. The minimum Gasteiger partial charge on any atom is -0.325 e. The molecule has 3 rings (SSSR count). The zero-order valence-electron chi connectivity index (χ0n) is 17.3. The third-order valence-electron chi connectivity index (χ3n) is 5.72. The zero-order valence-corrected chi connectivity index (χ0v) is 18.1. The van der Waals surface area contributed by atoms with Crippen LogP contribution in [0.1, 0.15) is 45.1 Å². The number of nitrogens with zero attached hydrogens (tertiary/aromatic N) is 2. The number of hydrogen-bond acceptors (Lipinski definition) is 4. The number of carbonyl (C=O) groups excluding carboxylic acids is 1. The number of sulfonamides is 1. The summed E-state index contributed by atoms with van der Waals surface area (Å²) in [6.45, 7) is 9.60. The molecule has 1 N–H and O–H groups in total. The van der Waals surface area contributed by atoms with E-state index in [2.05, 4.69) is 24.1 Å². The van der Waals surface area contributed by atoms with E-state index in [1.165, 1.54) is 6.42 Å². The minimum atomic E-state index is -3.52. The van der Waals surface area contributed by atoms with Crippen LogP contribution in [0.15, 0.2) is 23.1 Å². The Morgan fingerprint density at radius 1 is 1.11 bits per heavy atom. The van der Waals surface area contributed by atoms with Gasteiger partial charge in [0.15, 0.2) is 0 Å². The average molecular weight is 408 g/mol. The van der Waals surface area contributed by atoms with Gasteiger partial charge in [-0.15, -0.1) is 0 Å². The van der Waals surface area contributed by atoms with E-state index in [9.17, 15) is 13.2 Å². The second-order valence-corrected chi connectivity index (χ2v) is 10.5. The van der Waals surface area contributed by atoms with E-state index in [0.717, 1.165) is 32.4 Å². The first-order chi connectivity index (χ1) is 13.3. The van der Waals surface area contributed by atoms with Crippen molar-refractivity contribution >= 4 is 21.6 Å². The molecular formula is C21H33N3O3S. The number of aryl methyl sites for hydroxylation is 1. The van der Waals surface area contributed by atoms with E-state index in [4.69, 9.17) is 0 Å². The van der Waals surface area contributed by atoms with Crippen LogP contribution in [-0.2, 0) is 14.8 Å². The molecule has 2 saturated heterocycles. The summed E-state index contributed by atoms with van der Waals surface area (Å²) in [5.74, 6) is 1.10. The lowest BCUT2D eigenvalue weighted by Crippen LogP contribution is -2.42. The first kappa shape index (κ1) is 21.3. The Hall–Kier alpha value is -1.44. The number of hydrogen-bond donors (Lipinski definition) is 1. The van der Waals surface area contributed by atoms with E-state index in [1.54, 1.807) is 29.4 Å². The molecule has 2 atom stereocenters. The number of amides is 1. The van der Waals surface area contributed by atoms with Gasteiger partial charge in [-0.1, -0.05) is 26.3 Å². The molecule has 2 aliphatic rings. The van der Waals surface area contributed by atoms with Crippen molar-refractivity contribution in [2.24, 2.45) is 11.8 Å². The van der Waals surface area contributed by atoms with Crippen LogP contribution in [0.25, 0.3) is 0 Å². The summed E-state index contributed by atoms with van der Waals surface area (Å²) in [5.41, 5.74) is 1.26. The number of nitrogens with one attached hydrogen (secondary N) is 1. The van der Waals surface area contributed by atoms with Crippen LogP contribution in [-0.4, -0.2) is 56.3 Å².